The van der Waals surface area contributed by atoms with Crippen molar-refractivity contribution < 1.29 is 23.5 Å². The van der Waals surface area contributed by atoms with E-state index < -0.39 is 5.91 Å². The highest BCUT2D eigenvalue weighted by atomic mass is 16.5. The summed E-state index contributed by atoms with van der Waals surface area (Å²) in [6, 6.07) is 9.68. The highest BCUT2D eigenvalue weighted by Crippen LogP contribution is 2.37. The first kappa shape index (κ1) is 25.3. The number of amides is 2. The van der Waals surface area contributed by atoms with Crippen molar-refractivity contribution in [3.8, 4) is 11.5 Å². The van der Waals surface area contributed by atoms with E-state index in [1.807, 2.05) is 26.0 Å². The van der Waals surface area contributed by atoms with Crippen LogP contribution in [0, 0.1) is 0 Å². The Labute approximate surface area is 210 Å². The maximum absolute atomic E-state index is 11.7. The predicted molar refractivity (Wildman–Crippen MR) is 138 cm³/mol. The smallest absolute Gasteiger partial charge is 0.295 e. The number of likely N-dealkylation sites (tertiary alicyclic amines) is 1. The summed E-state index contributed by atoms with van der Waals surface area (Å²) in [6.45, 7) is 8.75. The van der Waals surface area contributed by atoms with Crippen LogP contribution in [0.1, 0.15) is 49.5 Å². The van der Waals surface area contributed by atoms with Crippen LogP contribution in [0.3, 0.4) is 0 Å². The van der Waals surface area contributed by atoms with Crippen molar-refractivity contribution in [3.63, 3.8) is 0 Å². The Hall–Kier alpha value is -3.79. The summed E-state index contributed by atoms with van der Waals surface area (Å²) in [5, 5.41) is 6.20. The molecule has 1 fully saturated rings. The highest BCUT2D eigenvalue weighted by molar-refractivity contribution is 6.03. The Morgan fingerprint density at radius 2 is 1.81 bits per heavy atom. The van der Waals surface area contributed by atoms with Crippen LogP contribution in [-0.2, 0) is 11.3 Å². The van der Waals surface area contributed by atoms with Crippen molar-refractivity contribution in [3.05, 3.63) is 41.5 Å². The van der Waals surface area contributed by atoms with Gasteiger partial charge in [0.25, 0.3) is 11.9 Å². The molecule has 2 heterocycles. The fraction of sp³-hybridized carbons (Fsp3) is 0.423. The van der Waals surface area contributed by atoms with E-state index in [4.69, 9.17) is 19.6 Å². The van der Waals surface area contributed by atoms with Gasteiger partial charge in [0, 0.05) is 32.6 Å². The lowest BCUT2D eigenvalue weighted by Gasteiger charge is -2.32. The Morgan fingerprint density at radius 1 is 1.14 bits per heavy atom. The average molecular weight is 496 g/mol. The van der Waals surface area contributed by atoms with Crippen molar-refractivity contribution >= 4 is 34.6 Å². The molecule has 0 radical (unpaired) electrons. The van der Waals surface area contributed by atoms with Crippen LogP contribution in [-0.4, -0.2) is 54.0 Å². The first-order valence-corrected chi connectivity index (χ1v) is 12.3. The minimum atomic E-state index is -0.529. The van der Waals surface area contributed by atoms with Crippen LogP contribution in [0.5, 0.6) is 11.5 Å². The Morgan fingerprint density at radius 3 is 2.39 bits per heavy atom. The molecule has 2 aromatic carbocycles. The number of carbonyl (C=O) groups is 2. The zero-order chi connectivity index (χ0) is 25.7. The standard InChI is InChI=1S/C26H33N5O5/c1-4-34-21-13-17(14-22(35-5-2)24(21)28-16(3)32)15-31-11-9-18(10-12-31)29-26-30-23-19(25(27)33)7-6-8-20(23)36-26/h6-8,13-14,18H,4-5,9-12,15H2,1-3H3,(H2,27,33)(H,28,32)(H,29,30). The van der Waals surface area contributed by atoms with E-state index in [9.17, 15) is 9.59 Å². The lowest BCUT2D eigenvalue weighted by Crippen LogP contribution is -2.38. The molecule has 1 aliphatic heterocycles. The van der Waals surface area contributed by atoms with E-state index in [0.717, 1.165) is 38.0 Å². The van der Waals surface area contributed by atoms with E-state index >= 15 is 0 Å². The number of benzene rings is 2. The van der Waals surface area contributed by atoms with Gasteiger partial charge in [-0.3, -0.25) is 14.5 Å². The number of hydrogen-bond donors (Lipinski definition) is 3. The minimum absolute atomic E-state index is 0.177. The van der Waals surface area contributed by atoms with E-state index in [-0.39, 0.29) is 11.9 Å². The third-order valence-corrected chi connectivity index (χ3v) is 6.03. The van der Waals surface area contributed by atoms with Crippen LogP contribution >= 0.6 is 0 Å². The molecule has 0 aliphatic carbocycles. The lowest BCUT2D eigenvalue weighted by molar-refractivity contribution is -0.114. The number of oxazole rings is 1. The minimum Gasteiger partial charge on any atom is -0.492 e. The molecule has 4 N–H and O–H groups in total. The molecule has 1 saturated heterocycles. The number of rotatable bonds is 10. The van der Waals surface area contributed by atoms with Crippen molar-refractivity contribution in [1.29, 1.82) is 0 Å². The number of primary amides is 1. The molecule has 3 aromatic rings. The number of nitrogens with zero attached hydrogens (tertiary/aromatic N) is 2. The summed E-state index contributed by atoms with van der Waals surface area (Å²) in [7, 11) is 0. The van der Waals surface area contributed by atoms with Gasteiger partial charge in [-0.2, -0.15) is 4.98 Å². The third kappa shape index (κ3) is 5.88. The number of fused-ring (bicyclic) bond motifs is 1. The number of nitrogens with one attached hydrogen (secondary N) is 2. The number of anilines is 2. The van der Waals surface area contributed by atoms with Gasteiger partial charge in [0.1, 0.15) is 22.7 Å². The maximum Gasteiger partial charge on any atom is 0.295 e. The topological polar surface area (TPSA) is 132 Å². The summed E-state index contributed by atoms with van der Waals surface area (Å²) < 4.78 is 17.4. The SMILES string of the molecule is CCOc1cc(CN2CCC(Nc3nc4c(C(N)=O)cccc4o3)CC2)cc(OCC)c1NC(C)=O. The van der Waals surface area contributed by atoms with Gasteiger partial charge >= 0.3 is 0 Å². The van der Waals surface area contributed by atoms with Crippen LogP contribution in [0.15, 0.2) is 34.7 Å². The van der Waals surface area contributed by atoms with Crippen molar-refractivity contribution in [2.75, 3.05) is 36.9 Å². The van der Waals surface area contributed by atoms with Crippen LogP contribution < -0.4 is 25.8 Å². The quantitative estimate of drug-likeness (QED) is 0.387. The molecule has 10 nitrogen and oxygen atoms in total. The van der Waals surface area contributed by atoms with E-state index in [1.54, 1.807) is 18.2 Å². The van der Waals surface area contributed by atoms with Gasteiger partial charge in [0.15, 0.2) is 5.58 Å². The molecule has 0 atom stereocenters. The van der Waals surface area contributed by atoms with E-state index in [2.05, 4.69) is 20.5 Å². The molecule has 1 aromatic heterocycles. The molecule has 0 bridgehead atoms. The normalized spacial score (nSPS) is 14.5. The number of hydrogen-bond acceptors (Lipinski definition) is 8. The second-order valence-corrected chi connectivity index (χ2v) is 8.74. The third-order valence-electron chi connectivity index (χ3n) is 6.03. The van der Waals surface area contributed by atoms with Crippen LogP contribution in [0.25, 0.3) is 11.1 Å². The molecular formula is C26H33N5O5. The van der Waals surface area contributed by atoms with E-state index in [1.165, 1.54) is 6.92 Å². The Balaban J connectivity index is 1.41. The number of carbonyl (C=O) groups excluding carboxylic acids is 2. The first-order valence-electron chi connectivity index (χ1n) is 12.3. The number of nitrogens with two attached hydrogens (primary N) is 1. The fourth-order valence-electron chi connectivity index (χ4n) is 4.45. The number of piperidine rings is 1. The molecule has 0 saturated carbocycles. The summed E-state index contributed by atoms with van der Waals surface area (Å²) in [4.78, 5) is 30.2. The van der Waals surface area contributed by atoms with Gasteiger partial charge < -0.3 is 30.3 Å². The molecular weight excluding hydrogens is 462 g/mol. The predicted octanol–water partition coefficient (Wildman–Crippen LogP) is 3.76. The molecule has 10 heteroatoms. The molecule has 36 heavy (non-hydrogen) atoms. The first-order chi connectivity index (χ1) is 17.4. The summed E-state index contributed by atoms with van der Waals surface area (Å²) >= 11 is 0. The zero-order valence-electron chi connectivity index (χ0n) is 20.9. The Kier molecular flexibility index (Phi) is 7.94. The van der Waals surface area contributed by atoms with Crippen molar-refractivity contribution in [2.45, 2.75) is 46.2 Å². The number of para-hydroxylation sites is 1. The van der Waals surface area contributed by atoms with Gasteiger partial charge in [-0.1, -0.05) is 6.07 Å². The second-order valence-electron chi connectivity index (χ2n) is 8.74. The number of aromatic nitrogens is 1. The highest BCUT2D eigenvalue weighted by Gasteiger charge is 2.23. The monoisotopic (exact) mass is 495 g/mol. The molecule has 0 unspecified atom stereocenters. The molecule has 192 valence electrons. The van der Waals surface area contributed by atoms with Crippen LogP contribution in [0.4, 0.5) is 11.7 Å². The Bertz CT molecular complexity index is 1210. The molecule has 4 rings (SSSR count). The second kappa shape index (κ2) is 11.3. The maximum atomic E-state index is 11.7. The van der Waals surface area contributed by atoms with Crippen molar-refractivity contribution in [2.24, 2.45) is 5.73 Å². The van der Waals surface area contributed by atoms with Crippen molar-refractivity contribution in [1.82, 2.24) is 9.88 Å². The molecule has 0 spiro atoms. The largest absolute Gasteiger partial charge is 0.492 e. The summed E-state index contributed by atoms with van der Waals surface area (Å²) in [6.07, 6.45) is 1.81. The van der Waals surface area contributed by atoms with Gasteiger partial charge in [-0.05, 0) is 56.5 Å². The lowest BCUT2D eigenvalue weighted by atomic mass is 10.0. The van der Waals surface area contributed by atoms with Gasteiger partial charge in [0.2, 0.25) is 5.91 Å². The average Bonchev–Trinajstić information content (AvgIpc) is 3.25. The zero-order valence-corrected chi connectivity index (χ0v) is 20.9. The summed E-state index contributed by atoms with van der Waals surface area (Å²) in [5.41, 5.74) is 8.43. The molecule has 2 amide bonds. The van der Waals surface area contributed by atoms with Gasteiger partial charge in [-0.15, -0.1) is 0 Å². The number of ether oxygens (including phenoxy) is 2. The van der Waals surface area contributed by atoms with Crippen LogP contribution in [0.2, 0.25) is 0 Å². The van der Waals surface area contributed by atoms with Gasteiger partial charge in [0.05, 0.1) is 18.8 Å². The van der Waals surface area contributed by atoms with E-state index in [0.29, 0.717) is 53.1 Å². The van der Waals surface area contributed by atoms with Gasteiger partial charge in [-0.25, -0.2) is 0 Å². The fourth-order valence-corrected chi connectivity index (χ4v) is 4.45. The molecule has 1 aliphatic rings. The summed E-state index contributed by atoms with van der Waals surface area (Å²) in [5.74, 6) is 0.510.